The van der Waals surface area contributed by atoms with Crippen molar-refractivity contribution in [1.29, 1.82) is 0 Å². The number of nitrogens with one attached hydrogen (secondary N) is 1. The summed E-state index contributed by atoms with van der Waals surface area (Å²) in [6.07, 6.45) is 3.39. The molecule has 11 heavy (non-hydrogen) atoms. The van der Waals surface area contributed by atoms with E-state index in [1.54, 1.807) is 12.3 Å². The number of hydrogen-bond acceptors (Lipinski definition) is 3. The predicted molar refractivity (Wildman–Crippen MR) is 53.4 cm³/mol. The molecule has 6 heteroatoms. The maximum atomic E-state index is 5.27. The van der Waals surface area contributed by atoms with Crippen molar-refractivity contribution in [3.05, 3.63) is 12.3 Å². The first-order valence-corrected chi connectivity index (χ1v) is 3.67. The molecule has 0 aliphatic heterocycles. The van der Waals surface area contributed by atoms with Crippen LogP contribution in [0.4, 0.5) is 0 Å². The summed E-state index contributed by atoms with van der Waals surface area (Å²) >= 11 is 9.29. The highest BCUT2D eigenvalue weighted by Gasteiger charge is 2.04. The van der Waals surface area contributed by atoms with Crippen LogP contribution in [0.25, 0.3) is 0 Å². The summed E-state index contributed by atoms with van der Waals surface area (Å²) in [5, 5.41) is 1.41. The van der Waals surface area contributed by atoms with Crippen molar-refractivity contribution in [3.63, 3.8) is 0 Å². The van der Waals surface area contributed by atoms with Gasteiger partial charge in [0.2, 0.25) is 0 Å². The lowest BCUT2D eigenvalue weighted by molar-refractivity contribution is 0.535. The van der Waals surface area contributed by atoms with E-state index < -0.39 is 0 Å². The highest BCUT2D eigenvalue weighted by atomic mass is 32.1. The SMILES string of the molecule is C/C=C\NN(C(N)=S)C(N)=S. The zero-order valence-electron chi connectivity index (χ0n) is 6.07. The highest BCUT2D eigenvalue weighted by molar-refractivity contribution is 7.81. The van der Waals surface area contributed by atoms with Crippen LogP contribution < -0.4 is 16.9 Å². The number of hydrazine groups is 1. The molecular weight excluding hydrogens is 180 g/mol. The lowest BCUT2D eigenvalue weighted by atomic mass is 10.7. The van der Waals surface area contributed by atoms with Crippen LogP contribution >= 0.6 is 24.4 Å². The van der Waals surface area contributed by atoms with Crippen LogP contribution in [0.3, 0.4) is 0 Å². The number of hydrogen-bond donors (Lipinski definition) is 3. The molecule has 0 saturated heterocycles. The largest absolute Gasteiger partial charge is 0.374 e. The molecule has 0 saturated carbocycles. The molecule has 0 spiro atoms. The van der Waals surface area contributed by atoms with Crippen molar-refractivity contribution in [2.45, 2.75) is 6.92 Å². The van der Waals surface area contributed by atoms with E-state index >= 15 is 0 Å². The van der Waals surface area contributed by atoms with E-state index in [0.717, 1.165) is 0 Å². The highest BCUT2D eigenvalue weighted by Crippen LogP contribution is 1.82. The molecule has 62 valence electrons. The molecule has 0 aromatic carbocycles. The Balaban J connectivity index is 4.12. The minimum absolute atomic E-state index is 0.0931. The maximum Gasteiger partial charge on any atom is 0.192 e. The van der Waals surface area contributed by atoms with Gasteiger partial charge in [-0.15, -0.1) is 0 Å². The Hall–Kier alpha value is -0.880. The van der Waals surface area contributed by atoms with Gasteiger partial charge in [0.15, 0.2) is 10.2 Å². The van der Waals surface area contributed by atoms with Gasteiger partial charge in [0.05, 0.1) is 0 Å². The summed E-state index contributed by atoms with van der Waals surface area (Å²) < 4.78 is 0. The number of thiocarbonyl (C=S) groups is 2. The van der Waals surface area contributed by atoms with Gasteiger partial charge in [-0.2, -0.15) is 0 Å². The van der Waals surface area contributed by atoms with Gasteiger partial charge in [-0.1, -0.05) is 6.08 Å². The average Bonchev–Trinajstić information content (AvgIpc) is 1.87. The molecule has 0 amide bonds. The zero-order valence-corrected chi connectivity index (χ0v) is 7.71. The van der Waals surface area contributed by atoms with Gasteiger partial charge >= 0.3 is 0 Å². The van der Waals surface area contributed by atoms with E-state index in [2.05, 4.69) is 29.9 Å². The van der Waals surface area contributed by atoms with Gasteiger partial charge in [0, 0.05) is 6.20 Å². The minimum Gasteiger partial charge on any atom is -0.374 e. The summed E-state index contributed by atoms with van der Waals surface area (Å²) in [6, 6.07) is 0. The molecule has 4 nitrogen and oxygen atoms in total. The second-order valence-electron chi connectivity index (χ2n) is 1.64. The van der Waals surface area contributed by atoms with E-state index in [1.807, 2.05) is 6.92 Å². The lowest BCUT2D eigenvalue weighted by Gasteiger charge is -2.19. The van der Waals surface area contributed by atoms with Crippen molar-refractivity contribution < 1.29 is 0 Å². The molecule has 0 fully saturated rings. The first-order chi connectivity index (χ1) is 5.09. The van der Waals surface area contributed by atoms with Crippen molar-refractivity contribution in [1.82, 2.24) is 10.4 Å². The van der Waals surface area contributed by atoms with Gasteiger partial charge in [0.25, 0.3) is 0 Å². The third-order valence-electron chi connectivity index (χ3n) is 0.811. The van der Waals surface area contributed by atoms with Gasteiger partial charge in [-0.05, 0) is 31.4 Å². The van der Waals surface area contributed by atoms with Gasteiger partial charge in [-0.25, -0.2) is 5.01 Å². The Morgan fingerprint density at radius 1 is 1.36 bits per heavy atom. The number of allylic oxidation sites excluding steroid dienone is 1. The second-order valence-corrected chi connectivity index (χ2v) is 2.48. The summed E-state index contributed by atoms with van der Waals surface area (Å²) in [6.45, 7) is 1.84. The molecule has 0 aliphatic rings. The van der Waals surface area contributed by atoms with Crippen LogP contribution in [-0.4, -0.2) is 15.2 Å². The van der Waals surface area contributed by atoms with Crippen molar-refractivity contribution >= 4 is 34.7 Å². The summed E-state index contributed by atoms with van der Waals surface area (Å²) in [5.41, 5.74) is 13.2. The van der Waals surface area contributed by atoms with Crippen LogP contribution in [-0.2, 0) is 0 Å². The third-order valence-corrected chi connectivity index (χ3v) is 1.18. The van der Waals surface area contributed by atoms with Crippen molar-refractivity contribution in [2.75, 3.05) is 0 Å². The van der Waals surface area contributed by atoms with Crippen LogP contribution in [0.1, 0.15) is 6.92 Å². The van der Waals surface area contributed by atoms with E-state index in [0.29, 0.717) is 0 Å². The predicted octanol–water partition coefficient (Wildman–Crippen LogP) is -0.186. The lowest BCUT2D eigenvalue weighted by Crippen LogP contribution is -2.49. The monoisotopic (exact) mass is 190 g/mol. The molecule has 0 aromatic rings. The van der Waals surface area contributed by atoms with E-state index in [9.17, 15) is 0 Å². The molecule has 0 heterocycles. The molecule has 5 N–H and O–H groups in total. The number of rotatable bonds is 2. The molecule has 0 unspecified atom stereocenters. The van der Waals surface area contributed by atoms with E-state index in [-0.39, 0.29) is 10.2 Å². The fraction of sp³-hybridized carbons (Fsp3) is 0.200. The van der Waals surface area contributed by atoms with Gasteiger partial charge < -0.3 is 11.5 Å². The average molecular weight is 190 g/mol. The fourth-order valence-electron chi connectivity index (χ4n) is 0.385. The molecule has 0 radical (unpaired) electrons. The quantitative estimate of drug-likeness (QED) is 0.414. The summed E-state index contributed by atoms with van der Waals surface area (Å²) in [4.78, 5) is 0. The van der Waals surface area contributed by atoms with Gasteiger partial charge in [-0.3, -0.25) is 5.43 Å². The molecule has 0 aromatic heterocycles. The normalized spacial score (nSPS) is 9.55. The first-order valence-electron chi connectivity index (χ1n) is 2.86. The van der Waals surface area contributed by atoms with E-state index in [4.69, 9.17) is 11.5 Å². The zero-order chi connectivity index (χ0) is 8.85. The van der Waals surface area contributed by atoms with Crippen LogP contribution in [0, 0.1) is 0 Å². The number of nitrogens with two attached hydrogens (primary N) is 2. The Labute approximate surface area is 76.2 Å². The Bertz CT molecular complexity index is 175. The molecule has 0 aliphatic carbocycles. The fourth-order valence-corrected chi connectivity index (χ4v) is 0.745. The molecular formula is C5H10N4S2. The van der Waals surface area contributed by atoms with E-state index in [1.165, 1.54) is 5.01 Å². The second kappa shape index (κ2) is 4.86. The first kappa shape index (κ1) is 10.1. The van der Waals surface area contributed by atoms with Crippen LogP contribution in [0.15, 0.2) is 12.3 Å². The smallest absolute Gasteiger partial charge is 0.192 e. The topological polar surface area (TPSA) is 67.3 Å². The van der Waals surface area contributed by atoms with Crippen molar-refractivity contribution in [2.24, 2.45) is 11.5 Å². The molecule has 0 atom stereocenters. The minimum atomic E-state index is 0.0931. The standard InChI is InChI=1S/C5H10N4S2/c1-2-3-8-9(4(6)10)5(7)11/h2-3,8H,1H3,(H2,6,10)(H2,7,11)/b3-2-. The van der Waals surface area contributed by atoms with Gasteiger partial charge in [0.1, 0.15) is 0 Å². The Kier molecular flexibility index (Phi) is 4.47. The van der Waals surface area contributed by atoms with Crippen molar-refractivity contribution in [3.8, 4) is 0 Å². The maximum absolute atomic E-state index is 5.27. The third kappa shape index (κ3) is 3.74. The van der Waals surface area contributed by atoms with Crippen LogP contribution in [0.2, 0.25) is 0 Å². The molecule has 0 bridgehead atoms. The summed E-state index contributed by atoms with van der Waals surface area (Å²) in [5.74, 6) is 0. The summed E-state index contributed by atoms with van der Waals surface area (Å²) in [7, 11) is 0. The Morgan fingerprint density at radius 2 is 1.82 bits per heavy atom. The number of nitrogens with zero attached hydrogens (tertiary/aromatic N) is 1. The molecule has 0 rings (SSSR count). The Morgan fingerprint density at radius 3 is 2.09 bits per heavy atom. The van der Waals surface area contributed by atoms with Crippen LogP contribution in [0.5, 0.6) is 0 Å².